The van der Waals surface area contributed by atoms with E-state index in [4.69, 9.17) is 5.73 Å². The van der Waals surface area contributed by atoms with Crippen LogP contribution in [0.4, 0.5) is 0 Å². The lowest BCUT2D eigenvalue weighted by molar-refractivity contribution is -0.140. The molecule has 0 bridgehead atoms. The van der Waals surface area contributed by atoms with Gasteiger partial charge in [0.05, 0.1) is 12.2 Å². The number of nitrogens with zero attached hydrogens (tertiary/aromatic N) is 4. The van der Waals surface area contributed by atoms with E-state index in [0.717, 1.165) is 5.56 Å². The first-order valence-electron chi connectivity index (χ1n) is 8.14. The fraction of sp³-hybridized carbons (Fsp3) is 0.562. The Kier molecular flexibility index (Phi) is 4.46. The van der Waals surface area contributed by atoms with Crippen LogP contribution in [0.15, 0.2) is 6.20 Å². The minimum absolute atomic E-state index is 0.0159. The van der Waals surface area contributed by atoms with E-state index in [1.54, 1.807) is 22.9 Å². The Bertz CT molecular complexity index is 682. The van der Waals surface area contributed by atoms with Gasteiger partial charge in [-0.25, -0.2) is 9.97 Å². The molecule has 128 valence electrons. The Morgan fingerprint density at radius 2 is 1.88 bits per heavy atom. The average Bonchev–Trinajstić information content (AvgIpc) is 2.60. The van der Waals surface area contributed by atoms with Crippen LogP contribution in [0.5, 0.6) is 0 Å². The molecule has 2 aliphatic heterocycles. The second-order valence-corrected chi connectivity index (χ2v) is 6.32. The largest absolute Gasteiger partial charge is 0.363 e. The molecule has 1 fully saturated rings. The number of primary amides is 1. The first kappa shape index (κ1) is 16.4. The summed E-state index contributed by atoms with van der Waals surface area (Å²) in [4.78, 5) is 47.1. The lowest BCUT2D eigenvalue weighted by Gasteiger charge is -2.35. The Balaban J connectivity index is 1.66. The van der Waals surface area contributed by atoms with Crippen molar-refractivity contribution in [3.05, 3.63) is 23.3 Å². The molecule has 2 N–H and O–H groups in total. The molecular weight excluding hydrogens is 310 g/mol. The number of carbonyl (C=O) groups excluding carboxylic acids is 3. The van der Waals surface area contributed by atoms with E-state index in [2.05, 4.69) is 9.97 Å². The molecule has 0 aliphatic carbocycles. The number of aromatic nitrogens is 2. The van der Waals surface area contributed by atoms with Crippen molar-refractivity contribution in [1.82, 2.24) is 19.8 Å². The highest BCUT2D eigenvalue weighted by atomic mass is 16.2. The van der Waals surface area contributed by atoms with Crippen LogP contribution in [-0.4, -0.2) is 57.1 Å². The minimum Gasteiger partial charge on any atom is -0.363 e. The monoisotopic (exact) mass is 331 g/mol. The van der Waals surface area contributed by atoms with E-state index in [0.29, 0.717) is 51.1 Å². The molecule has 0 saturated carbocycles. The molecule has 1 saturated heterocycles. The zero-order valence-electron chi connectivity index (χ0n) is 13.7. The summed E-state index contributed by atoms with van der Waals surface area (Å²) in [6.45, 7) is 3.82. The van der Waals surface area contributed by atoms with Gasteiger partial charge in [-0.15, -0.1) is 0 Å². The quantitative estimate of drug-likeness (QED) is 0.801. The molecule has 1 aromatic rings. The van der Waals surface area contributed by atoms with Gasteiger partial charge >= 0.3 is 0 Å². The lowest BCUT2D eigenvalue weighted by Crippen LogP contribution is -2.45. The predicted octanol–water partition coefficient (Wildman–Crippen LogP) is -0.281. The molecule has 24 heavy (non-hydrogen) atoms. The van der Waals surface area contributed by atoms with E-state index < -0.39 is 5.91 Å². The molecule has 3 amide bonds. The number of hydrogen-bond donors (Lipinski definition) is 1. The van der Waals surface area contributed by atoms with Crippen LogP contribution in [0.3, 0.4) is 0 Å². The van der Waals surface area contributed by atoms with Crippen molar-refractivity contribution in [2.45, 2.75) is 32.7 Å². The van der Waals surface area contributed by atoms with Gasteiger partial charge in [0, 0.05) is 38.7 Å². The van der Waals surface area contributed by atoms with Gasteiger partial charge in [-0.2, -0.15) is 0 Å². The van der Waals surface area contributed by atoms with E-state index in [9.17, 15) is 14.4 Å². The molecule has 3 rings (SSSR count). The van der Waals surface area contributed by atoms with Crippen molar-refractivity contribution in [2.24, 2.45) is 11.7 Å². The third-order valence-corrected chi connectivity index (χ3v) is 4.77. The number of rotatable bonds is 2. The molecule has 0 aromatic carbocycles. The summed E-state index contributed by atoms with van der Waals surface area (Å²) >= 11 is 0. The number of nitrogens with two attached hydrogens (primary N) is 1. The number of amides is 3. The third kappa shape index (κ3) is 3.22. The highest BCUT2D eigenvalue weighted by Crippen LogP contribution is 2.23. The maximum atomic E-state index is 12.7. The third-order valence-electron chi connectivity index (χ3n) is 4.77. The van der Waals surface area contributed by atoms with Gasteiger partial charge in [-0.1, -0.05) is 0 Å². The lowest BCUT2D eigenvalue weighted by atomic mass is 9.94. The summed E-state index contributed by atoms with van der Waals surface area (Å²) in [6, 6.07) is 0. The van der Waals surface area contributed by atoms with Gasteiger partial charge in [0.25, 0.3) is 5.91 Å². The van der Waals surface area contributed by atoms with E-state index in [-0.39, 0.29) is 23.6 Å². The molecule has 3 heterocycles. The predicted molar refractivity (Wildman–Crippen MR) is 84.6 cm³/mol. The zero-order chi connectivity index (χ0) is 17.3. The van der Waals surface area contributed by atoms with Crippen LogP contribution in [0.2, 0.25) is 0 Å². The number of fused-ring (bicyclic) bond motifs is 1. The van der Waals surface area contributed by atoms with Crippen LogP contribution in [0.1, 0.15) is 41.6 Å². The summed E-state index contributed by atoms with van der Waals surface area (Å²) in [6.07, 6.45) is 3.68. The van der Waals surface area contributed by atoms with E-state index in [1.807, 2.05) is 0 Å². The number of carbonyl (C=O) groups is 3. The van der Waals surface area contributed by atoms with Crippen molar-refractivity contribution in [3.63, 3.8) is 0 Å². The zero-order valence-corrected chi connectivity index (χ0v) is 13.7. The summed E-state index contributed by atoms with van der Waals surface area (Å²) in [7, 11) is 0. The minimum atomic E-state index is -0.669. The van der Waals surface area contributed by atoms with Crippen LogP contribution in [-0.2, 0) is 22.6 Å². The molecule has 0 radical (unpaired) electrons. The van der Waals surface area contributed by atoms with Crippen molar-refractivity contribution in [2.75, 3.05) is 19.6 Å². The fourth-order valence-corrected chi connectivity index (χ4v) is 3.31. The van der Waals surface area contributed by atoms with Crippen LogP contribution < -0.4 is 5.73 Å². The second kappa shape index (κ2) is 6.54. The fourth-order valence-electron chi connectivity index (χ4n) is 3.31. The molecular formula is C16H21N5O3. The molecule has 0 unspecified atom stereocenters. The molecule has 8 heteroatoms. The maximum Gasteiger partial charge on any atom is 0.286 e. The molecule has 8 nitrogen and oxygen atoms in total. The second-order valence-electron chi connectivity index (χ2n) is 6.32. The Morgan fingerprint density at radius 1 is 1.17 bits per heavy atom. The van der Waals surface area contributed by atoms with Crippen LogP contribution in [0.25, 0.3) is 0 Å². The van der Waals surface area contributed by atoms with Crippen LogP contribution >= 0.6 is 0 Å². The molecule has 0 spiro atoms. The van der Waals surface area contributed by atoms with Gasteiger partial charge in [0.1, 0.15) is 0 Å². The average molecular weight is 331 g/mol. The van der Waals surface area contributed by atoms with Gasteiger partial charge in [-0.05, 0) is 24.8 Å². The first-order valence-corrected chi connectivity index (χ1v) is 8.14. The van der Waals surface area contributed by atoms with Crippen molar-refractivity contribution >= 4 is 17.7 Å². The van der Waals surface area contributed by atoms with Crippen molar-refractivity contribution < 1.29 is 14.4 Å². The molecule has 1 aromatic heterocycles. The number of likely N-dealkylation sites (tertiary alicyclic amines) is 1. The summed E-state index contributed by atoms with van der Waals surface area (Å²) in [5.41, 5.74) is 6.87. The highest BCUT2D eigenvalue weighted by molar-refractivity contribution is 5.88. The van der Waals surface area contributed by atoms with Gasteiger partial charge in [0.15, 0.2) is 0 Å². The molecule has 0 atom stereocenters. The first-order chi connectivity index (χ1) is 11.5. The van der Waals surface area contributed by atoms with E-state index in [1.165, 1.54) is 0 Å². The van der Waals surface area contributed by atoms with Crippen molar-refractivity contribution in [3.8, 4) is 0 Å². The van der Waals surface area contributed by atoms with E-state index >= 15 is 0 Å². The van der Waals surface area contributed by atoms with Gasteiger partial charge < -0.3 is 15.5 Å². The normalized spacial score (nSPS) is 18.2. The molecule has 2 aliphatic rings. The standard InChI is InChI=1S/C16H21N5O3/c1-10(22)20-5-2-11(3-6-20)16(24)21-7-4-12-8-18-15(14(17)23)19-13(12)9-21/h8,11H,2-7,9H2,1H3,(H2,17,23). The SMILES string of the molecule is CC(=O)N1CCC(C(=O)N2CCc3cnc(C(N)=O)nc3C2)CC1. The smallest absolute Gasteiger partial charge is 0.286 e. The Morgan fingerprint density at radius 3 is 2.50 bits per heavy atom. The van der Waals surface area contributed by atoms with Crippen LogP contribution in [0, 0.1) is 5.92 Å². The summed E-state index contributed by atoms with van der Waals surface area (Å²) in [5.74, 6) is -0.582. The van der Waals surface area contributed by atoms with Gasteiger partial charge in [0.2, 0.25) is 17.6 Å². The highest BCUT2D eigenvalue weighted by Gasteiger charge is 2.31. The van der Waals surface area contributed by atoms with Crippen molar-refractivity contribution in [1.29, 1.82) is 0 Å². The summed E-state index contributed by atoms with van der Waals surface area (Å²) < 4.78 is 0. The summed E-state index contributed by atoms with van der Waals surface area (Å²) in [5, 5.41) is 0. The topological polar surface area (TPSA) is 109 Å². The maximum absolute atomic E-state index is 12.7. The Hall–Kier alpha value is -2.51. The number of hydrogen-bond acceptors (Lipinski definition) is 5. The Labute approximate surface area is 140 Å². The van der Waals surface area contributed by atoms with Gasteiger partial charge in [-0.3, -0.25) is 14.4 Å². The number of piperidine rings is 1.